The Morgan fingerprint density at radius 1 is 1.38 bits per heavy atom. The molecule has 5 nitrogen and oxygen atoms in total. The van der Waals surface area contributed by atoms with Crippen molar-refractivity contribution in [1.82, 2.24) is 4.72 Å². The number of sulfonamides is 1. The van der Waals surface area contributed by atoms with E-state index in [0.717, 1.165) is 12.8 Å². The van der Waals surface area contributed by atoms with Crippen LogP contribution in [0.15, 0.2) is 27.6 Å². The van der Waals surface area contributed by atoms with E-state index >= 15 is 0 Å². The highest BCUT2D eigenvalue weighted by atomic mass is 79.9. The van der Waals surface area contributed by atoms with Crippen LogP contribution in [0.3, 0.4) is 0 Å². The lowest BCUT2D eigenvalue weighted by atomic mass is 10.0. The van der Waals surface area contributed by atoms with Crippen molar-refractivity contribution in [3.05, 3.63) is 22.7 Å². The molecule has 0 amide bonds. The fourth-order valence-electron chi connectivity index (χ4n) is 2.48. The molecule has 1 saturated carbocycles. The second-order valence-corrected chi connectivity index (χ2v) is 7.93. The van der Waals surface area contributed by atoms with Gasteiger partial charge in [-0.25, -0.2) is 13.1 Å². The van der Waals surface area contributed by atoms with Crippen LogP contribution >= 0.6 is 15.9 Å². The lowest BCUT2D eigenvalue weighted by molar-refractivity contribution is 0.0531. The molecule has 0 spiro atoms. The molecule has 0 aromatic heterocycles. The molecule has 0 atom stereocenters. The lowest BCUT2D eigenvalue weighted by Gasteiger charge is -2.22. The van der Waals surface area contributed by atoms with Gasteiger partial charge in [0.25, 0.3) is 0 Å². The molecule has 7 heteroatoms. The molecular weight excluding hydrogens is 358 g/mol. The Hall–Kier alpha value is -0.630. The van der Waals surface area contributed by atoms with Gasteiger partial charge in [-0.15, -0.1) is 0 Å². The van der Waals surface area contributed by atoms with Crippen molar-refractivity contribution in [2.45, 2.75) is 43.1 Å². The Labute approximate surface area is 133 Å². The van der Waals surface area contributed by atoms with Gasteiger partial charge in [0.2, 0.25) is 10.0 Å². The summed E-state index contributed by atoms with van der Waals surface area (Å²) < 4.78 is 33.4. The molecule has 0 aliphatic heterocycles. The van der Waals surface area contributed by atoms with E-state index in [0.29, 0.717) is 29.7 Å². The largest absolute Gasteiger partial charge is 0.492 e. The van der Waals surface area contributed by atoms with Gasteiger partial charge < -0.3 is 9.84 Å². The highest BCUT2D eigenvalue weighted by Crippen LogP contribution is 2.31. The number of aliphatic hydroxyl groups is 1. The minimum absolute atomic E-state index is 0.0351. The van der Waals surface area contributed by atoms with E-state index in [9.17, 15) is 13.5 Å². The van der Waals surface area contributed by atoms with Gasteiger partial charge in [0, 0.05) is 11.0 Å². The van der Waals surface area contributed by atoms with E-state index in [-0.39, 0.29) is 11.4 Å². The maximum atomic E-state index is 12.5. The number of ether oxygens (including phenoxy) is 1. The second-order valence-electron chi connectivity index (χ2n) is 5.28. The lowest BCUT2D eigenvalue weighted by Crippen LogP contribution is -2.40. The van der Waals surface area contributed by atoms with Crippen LogP contribution < -0.4 is 9.46 Å². The van der Waals surface area contributed by atoms with E-state index in [2.05, 4.69) is 20.7 Å². The minimum Gasteiger partial charge on any atom is -0.492 e. The van der Waals surface area contributed by atoms with E-state index in [4.69, 9.17) is 4.74 Å². The molecule has 0 heterocycles. The van der Waals surface area contributed by atoms with E-state index in [1.165, 1.54) is 6.07 Å². The van der Waals surface area contributed by atoms with Gasteiger partial charge in [-0.3, -0.25) is 0 Å². The summed E-state index contributed by atoms with van der Waals surface area (Å²) in [6.45, 7) is 2.22. The Morgan fingerprint density at radius 2 is 2.05 bits per heavy atom. The molecule has 118 valence electrons. The number of rotatable bonds is 6. The van der Waals surface area contributed by atoms with Crippen LogP contribution in [-0.4, -0.2) is 32.3 Å². The molecule has 0 radical (unpaired) electrons. The van der Waals surface area contributed by atoms with Crippen molar-refractivity contribution in [2.24, 2.45) is 0 Å². The number of halogens is 1. The number of nitrogens with one attached hydrogen (secondary N) is 1. The first-order valence-corrected chi connectivity index (χ1v) is 9.28. The van der Waals surface area contributed by atoms with Crippen molar-refractivity contribution < 1.29 is 18.3 Å². The molecule has 0 bridgehead atoms. The zero-order valence-corrected chi connectivity index (χ0v) is 14.3. The predicted octanol–water partition coefficient (Wildman–Crippen LogP) is 2.43. The first kappa shape index (κ1) is 16.7. The van der Waals surface area contributed by atoms with Gasteiger partial charge in [0.15, 0.2) is 0 Å². The summed E-state index contributed by atoms with van der Waals surface area (Å²) in [5.41, 5.74) is -0.926. The van der Waals surface area contributed by atoms with Gasteiger partial charge in [0.05, 0.1) is 12.2 Å². The number of hydrogen-bond donors (Lipinski definition) is 2. The van der Waals surface area contributed by atoms with Crippen LogP contribution in [0.25, 0.3) is 0 Å². The van der Waals surface area contributed by atoms with Gasteiger partial charge in [0.1, 0.15) is 10.6 Å². The average Bonchev–Trinajstić information content (AvgIpc) is 2.87. The third-order valence-corrected chi connectivity index (χ3v) is 5.54. The number of hydrogen-bond acceptors (Lipinski definition) is 4. The molecular formula is C14H20BrNO4S. The van der Waals surface area contributed by atoms with Crippen LogP contribution in [0.1, 0.15) is 32.6 Å². The molecule has 2 rings (SSSR count). The van der Waals surface area contributed by atoms with Crippen molar-refractivity contribution in [3.63, 3.8) is 0 Å². The van der Waals surface area contributed by atoms with Crippen LogP contribution in [0.2, 0.25) is 0 Å². The van der Waals surface area contributed by atoms with E-state index < -0.39 is 15.6 Å². The predicted molar refractivity (Wildman–Crippen MR) is 83.9 cm³/mol. The molecule has 0 saturated heterocycles. The molecule has 1 aromatic rings. The minimum atomic E-state index is -3.73. The van der Waals surface area contributed by atoms with Crippen molar-refractivity contribution in [3.8, 4) is 5.75 Å². The van der Waals surface area contributed by atoms with Crippen molar-refractivity contribution in [1.29, 1.82) is 0 Å². The van der Waals surface area contributed by atoms with E-state index in [1.807, 2.05) is 0 Å². The van der Waals surface area contributed by atoms with Crippen LogP contribution in [0.5, 0.6) is 5.75 Å². The first-order chi connectivity index (χ1) is 9.86. The summed E-state index contributed by atoms with van der Waals surface area (Å²) >= 11 is 3.27. The van der Waals surface area contributed by atoms with Gasteiger partial charge in [-0.05, 0) is 38.0 Å². The molecule has 1 aliphatic rings. The quantitative estimate of drug-likeness (QED) is 0.797. The molecule has 21 heavy (non-hydrogen) atoms. The average molecular weight is 378 g/mol. The fraction of sp³-hybridized carbons (Fsp3) is 0.571. The summed E-state index contributed by atoms with van der Waals surface area (Å²) in [6, 6.07) is 4.85. The van der Waals surface area contributed by atoms with Crippen molar-refractivity contribution in [2.75, 3.05) is 13.2 Å². The molecule has 1 aromatic carbocycles. The Balaban J connectivity index is 2.20. The third kappa shape index (κ3) is 4.18. The Bertz CT molecular complexity index is 597. The normalized spacial score (nSPS) is 17.9. The first-order valence-electron chi connectivity index (χ1n) is 7.01. The standard InChI is InChI=1S/C14H20BrNO4S/c1-2-20-12-6-5-11(15)9-13(12)21(18,19)16-10-14(17)7-3-4-8-14/h5-6,9,16-17H,2-4,7-8,10H2,1H3. The maximum absolute atomic E-state index is 12.5. The molecule has 1 aliphatic carbocycles. The highest BCUT2D eigenvalue weighted by molar-refractivity contribution is 9.10. The zero-order chi connectivity index (χ0) is 15.5. The third-order valence-electron chi connectivity index (χ3n) is 3.62. The van der Waals surface area contributed by atoms with Gasteiger partial charge in [-0.1, -0.05) is 28.8 Å². The molecule has 2 N–H and O–H groups in total. The number of benzene rings is 1. The summed E-state index contributed by atoms with van der Waals surface area (Å²) in [4.78, 5) is 0.0836. The maximum Gasteiger partial charge on any atom is 0.244 e. The summed E-state index contributed by atoms with van der Waals surface area (Å²) in [7, 11) is -3.73. The zero-order valence-electron chi connectivity index (χ0n) is 11.9. The van der Waals surface area contributed by atoms with Crippen LogP contribution in [0.4, 0.5) is 0 Å². The molecule has 0 unspecified atom stereocenters. The fourth-order valence-corrected chi connectivity index (χ4v) is 4.28. The van der Waals surface area contributed by atoms with Crippen LogP contribution in [0, 0.1) is 0 Å². The van der Waals surface area contributed by atoms with Crippen LogP contribution in [-0.2, 0) is 10.0 Å². The van der Waals surface area contributed by atoms with Gasteiger partial charge in [-0.2, -0.15) is 0 Å². The highest BCUT2D eigenvalue weighted by Gasteiger charge is 2.33. The second kappa shape index (κ2) is 6.64. The molecule has 1 fully saturated rings. The summed E-state index contributed by atoms with van der Waals surface area (Å²) in [6.07, 6.45) is 3.12. The van der Waals surface area contributed by atoms with E-state index in [1.54, 1.807) is 19.1 Å². The summed E-state index contributed by atoms with van der Waals surface area (Å²) in [5, 5.41) is 10.3. The smallest absolute Gasteiger partial charge is 0.244 e. The summed E-state index contributed by atoms with van der Waals surface area (Å²) in [5.74, 6) is 0.312. The Kier molecular flexibility index (Phi) is 5.29. The Morgan fingerprint density at radius 3 is 2.67 bits per heavy atom. The van der Waals surface area contributed by atoms with Crippen molar-refractivity contribution >= 4 is 26.0 Å². The SMILES string of the molecule is CCOc1ccc(Br)cc1S(=O)(=O)NCC1(O)CCCC1. The van der Waals surface area contributed by atoms with Gasteiger partial charge >= 0.3 is 0 Å². The monoisotopic (exact) mass is 377 g/mol. The topological polar surface area (TPSA) is 75.6 Å².